The lowest BCUT2D eigenvalue weighted by atomic mass is 9.97. The van der Waals surface area contributed by atoms with Crippen molar-refractivity contribution in [3.8, 4) is 6.07 Å². The van der Waals surface area contributed by atoms with Crippen molar-refractivity contribution >= 4 is 11.6 Å². The third-order valence-corrected chi connectivity index (χ3v) is 2.04. The number of nitriles is 1. The number of nitrogens with zero attached hydrogens (tertiary/aromatic N) is 1. The Labute approximate surface area is 83.3 Å². The van der Waals surface area contributed by atoms with E-state index >= 15 is 0 Å². The Hall–Kier alpha value is -1.26. The Bertz CT molecular complexity index is 338. The van der Waals surface area contributed by atoms with E-state index in [4.69, 9.17) is 16.9 Å². The van der Waals surface area contributed by atoms with Crippen molar-refractivity contribution < 1.29 is 0 Å². The molecule has 0 N–H and O–H groups in total. The van der Waals surface area contributed by atoms with E-state index in [0.29, 0.717) is 11.4 Å². The second-order valence-corrected chi connectivity index (χ2v) is 3.20. The first-order valence-electron chi connectivity index (χ1n) is 4.04. The summed E-state index contributed by atoms with van der Waals surface area (Å²) >= 11 is 5.81. The van der Waals surface area contributed by atoms with E-state index in [1.807, 2.05) is 18.2 Å². The molecule has 0 heterocycles. The number of halogens is 1. The van der Waals surface area contributed by atoms with E-state index in [2.05, 4.69) is 12.6 Å². The molecule has 0 aliphatic carbocycles. The zero-order valence-electron chi connectivity index (χ0n) is 7.20. The molecule has 2 heteroatoms. The van der Waals surface area contributed by atoms with E-state index in [1.165, 1.54) is 0 Å². The lowest BCUT2D eigenvalue weighted by molar-refractivity contribution is 0.879. The summed E-state index contributed by atoms with van der Waals surface area (Å²) in [7, 11) is 0. The quantitative estimate of drug-likeness (QED) is 0.671. The summed E-state index contributed by atoms with van der Waals surface area (Å²) in [5, 5.41) is 9.53. The summed E-state index contributed by atoms with van der Waals surface area (Å²) in [4.78, 5) is 0. The van der Waals surface area contributed by atoms with Crippen LogP contribution in [0.15, 0.2) is 36.9 Å². The van der Waals surface area contributed by atoms with Gasteiger partial charge in [-0.1, -0.05) is 29.8 Å². The van der Waals surface area contributed by atoms with Crippen molar-refractivity contribution in [2.24, 2.45) is 0 Å². The SMILES string of the molecule is C=CCC(C#N)c1cccc(Cl)c1. The summed E-state index contributed by atoms with van der Waals surface area (Å²) in [5.41, 5.74) is 0.954. The normalized spacial score (nSPS) is 11.7. The van der Waals surface area contributed by atoms with Crippen LogP contribution in [0.1, 0.15) is 17.9 Å². The van der Waals surface area contributed by atoms with Crippen LogP contribution in [0.2, 0.25) is 5.02 Å². The number of allylic oxidation sites excluding steroid dienone is 1. The van der Waals surface area contributed by atoms with E-state index in [-0.39, 0.29) is 5.92 Å². The van der Waals surface area contributed by atoms with Gasteiger partial charge in [-0.05, 0) is 24.1 Å². The van der Waals surface area contributed by atoms with Crippen LogP contribution in [0, 0.1) is 11.3 Å². The molecule has 0 bridgehead atoms. The van der Waals surface area contributed by atoms with E-state index < -0.39 is 0 Å². The fraction of sp³-hybridized carbons (Fsp3) is 0.182. The Morgan fingerprint density at radius 1 is 1.62 bits per heavy atom. The maximum atomic E-state index is 8.86. The summed E-state index contributed by atoms with van der Waals surface area (Å²) in [6.45, 7) is 3.61. The van der Waals surface area contributed by atoms with Crippen molar-refractivity contribution in [2.75, 3.05) is 0 Å². The van der Waals surface area contributed by atoms with Crippen LogP contribution in [-0.2, 0) is 0 Å². The molecule has 0 saturated heterocycles. The molecule has 0 amide bonds. The molecule has 0 aliphatic heterocycles. The monoisotopic (exact) mass is 191 g/mol. The van der Waals surface area contributed by atoms with Gasteiger partial charge in [-0.2, -0.15) is 5.26 Å². The number of rotatable bonds is 3. The first kappa shape index (κ1) is 9.83. The molecule has 1 rings (SSSR count). The van der Waals surface area contributed by atoms with Gasteiger partial charge < -0.3 is 0 Å². The maximum Gasteiger partial charge on any atom is 0.0747 e. The Balaban J connectivity index is 2.92. The standard InChI is InChI=1S/C11H10ClN/c1-2-4-10(8-13)9-5-3-6-11(12)7-9/h2-3,5-7,10H,1,4H2. The first-order chi connectivity index (χ1) is 6.27. The maximum absolute atomic E-state index is 8.86. The lowest BCUT2D eigenvalue weighted by Gasteiger charge is -2.05. The van der Waals surface area contributed by atoms with Gasteiger partial charge in [0.1, 0.15) is 0 Å². The van der Waals surface area contributed by atoms with Crippen molar-refractivity contribution in [1.29, 1.82) is 5.26 Å². The largest absolute Gasteiger partial charge is 0.198 e. The minimum atomic E-state index is -0.129. The van der Waals surface area contributed by atoms with Crippen LogP contribution >= 0.6 is 11.6 Å². The molecule has 1 aromatic carbocycles. The number of benzene rings is 1. The molecule has 1 atom stereocenters. The van der Waals surface area contributed by atoms with Crippen LogP contribution in [0.5, 0.6) is 0 Å². The van der Waals surface area contributed by atoms with Crippen LogP contribution in [-0.4, -0.2) is 0 Å². The average Bonchev–Trinajstić information content (AvgIpc) is 2.14. The smallest absolute Gasteiger partial charge is 0.0747 e. The highest BCUT2D eigenvalue weighted by Crippen LogP contribution is 2.21. The van der Waals surface area contributed by atoms with E-state index in [0.717, 1.165) is 5.56 Å². The third-order valence-electron chi connectivity index (χ3n) is 1.81. The van der Waals surface area contributed by atoms with Gasteiger partial charge in [0.15, 0.2) is 0 Å². The van der Waals surface area contributed by atoms with E-state index in [9.17, 15) is 0 Å². The molecule has 13 heavy (non-hydrogen) atoms. The highest BCUT2D eigenvalue weighted by atomic mass is 35.5. The number of hydrogen-bond acceptors (Lipinski definition) is 1. The van der Waals surface area contributed by atoms with Gasteiger partial charge >= 0.3 is 0 Å². The summed E-state index contributed by atoms with van der Waals surface area (Å²) in [6, 6.07) is 9.59. The molecule has 1 nitrogen and oxygen atoms in total. The van der Waals surface area contributed by atoms with Gasteiger partial charge in [0.2, 0.25) is 0 Å². The predicted molar refractivity (Wildman–Crippen MR) is 54.6 cm³/mol. The molecule has 0 fully saturated rings. The molecule has 1 unspecified atom stereocenters. The van der Waals surface area contributed by atoms with Gasteiger partial charge in [0.05, 0.1) is 12.0 Å². The Morgan fingerprint density at radius 3 is 2.92 bits per heavy atom. The highest BCUT2D eigenvalue weighted by molar-refractivity contribution is 6.30. The van der Waals surface area contributed by atoms with Crippen molar-refractivity contribution in [1.82, 2.24) is 0 Å². The third kappa shape index (κ3) is 2.61. The van der Waals surface area contributed by atoms with Gasteiger partial charge in [-0.15, -0.1) is 6.58 Å². The topological polar surface area (TPSA) is 23.8 Å². The van der Waals surface area contributed by atoms with Crippen molar-refractivity contribution in [3.05, 3.63) is 47.5 Å². The van der Waals surface area contributed by atoms with Gasteiger partial charge in [0.25, 0.3) is 0 Å². The van der Waals surface area contributed by atoms with Crippen LogP contribution in [0.4, 0.5) is 0 Å². The molecule has 0 spiro atoms. The Kier molecular flexibility index (Phi) is 3.54. The van der Waals surface area contributed by atoms with Crippen LogP contribution in [0.3, 0.4) is 0 Å². The highest BCUT2D eigenvalue weighted by Gasteiger charge is 2.07. The van der Waals surface area contributed by atoms with Gasteiger partial charge in [-0.25, -0.2) is 0 Å². The fourth-order valence-corrected chi connectivity index (χ4v) is 1.35. The Morgan fingerprint density at radius 2 is 2.38 bits per heavy atom. The minimum absolute atomic E-state index is 0.129. The molecular formula is C11H10ClN. The molecule has 0 radical (unpaired) electrons. The predicted octanol–water partition coefficient (Wildman–Crippen LogP) is 3.52. The zero-order chi connectivity index (χ0) is 9.68. The van der Waals surface area contributed by atoms with Gasteiger partial charge in [-0.3, -0.25) is 0 Å². The van der Waals surface area contributed by atoms with Crippen molar-refractivity contribution in [3.63, 3.8) is 0 Å². The summed E-state index contributed by atoms with van der Waals surface area (Å²) in [5.74, 6) is -0.129. The molecule has 66 valence electrons. The van der Waals surface area contributed by atoms with Crippen LogP contribution < -0.4 is 0 Å². The molecule has 0 aliphatic rings. The zero-order valence-corrected chi connectivity index (χ0v) is 7.96. The molecular weight excluding hydrogens is 182 g/mol. The molecule has 1 aromatic rings. The van der Waals surface area contributed by atoms with E-state index in [1.54, 1.807) is 12.1 Å². The molecule has 0 saturated carbocycles. The lowest BCUT2D eigenvalue weighted by Crippen LogP contribution is -1.93. The van der Waals surface area contributed by atoms with Crippen LogP contribution in [0.25, 0.3) is 0 Å². The second-order valence-electron chi connectivity index (χ2n) is 2.76. The number of hydrogen-bond donors (Lipinski definition) is 0. The van der Waals surface area contributed by atoms with Crippen molar-refractivity contribution in [2.45, 2.75) is 12.3 Å². The first-order valence-corrected chi connectivity index (χ1v) is 4.41. The molecule has 0 aromatic heterocycles. The minimum Gasteiger partial charge on any atom is -0.198 e. The second kappa shape index (κ2) is 4.69. The fourth-order valence-electron chi connectivity index (χ4n) is 1.15. The summed E-state index contributed by atoms with van der Waals surface area (Å²) in [6.07, 6.45) is 2.41. The average molecular weight is 192 g/mol. The van der Waals surface area contributed by atoms with Gasteiger partial charge in [0, 0.05) is 5.02 Å². The summed E-state index contributed by atoms with van der Waals surface area (Å²) < 4.78 is 0.